The van der Waals surface area contributed by atoms with Crippen LogP contribution in [0.2, 0.25) is 0 Å². The molecule has 86 valence electrons. The van der Waals surface area contributed by atoms with Gasteiger partial charge >= 0.3 is 5.97 Å². The van der Waals surface area contributed by atoms with Gasteiger partial charge < -0.3 is 4.74 Å². The van der Waals surface area contributed by atoms with E-state index in [0.29, 0.717) is 11.5 Å². The summed E-state index contributed by atoms with van der Waals surface area (Å²) in [5.74, 6) is 0.405. The fraction of sp³-hybridized carbons (Fsp3) is 0.333. The Morgan fingerprint density at radius 1 is 1.31 bits per heavy atom. The smallest absolute Gasteiger partial charge is 0.314 e. The van der Waals surface area contributed by atoms with E-state index in [4.69, 9.17) is 4.74 Å². The summed E-state index contributed by atoms with van der Waals surface area (Å²) in [4.78, 5) is 22.3. The van der Waals surface area contributed by atoms with Crippen LogP contribution in [0.15, 0.2) is 30.3 Å². The quantitative estimate of drug-likeness (QED) is 0.597. The summed E-state index contributed by atoms with van der Waals surface area (Å²) in [6.45, 7) is 3.24. The van der Waals surface area contributed by atoms with E-state index in [-0.39, 0.29) is 17.0 Å². The van der Waals surface area contributed by atoms with Gasteiger partial charge in [-0.1, -0.05) is 36.9 Å². The number of esters is 1. The van der Waals surface area contributed by atoms with Gasteiger partial charge in [0.15, 0.2) is 5.12 Å². The molecule has 1 rings (SSSR count). The molecule has 1 aromatic carbocycles. The van der Waals surface area contributed by atoms with Gasteiger partial charge in [0.05, 0.1) is 5.92 Å². The van der Waals surface area contributed by atoms with Crippen molar-refractivity contribution in [3.05, 3.63) is 30.3 Å². The van der Waals surface area contributed by atoms with Crippen LogP contribution in [-0.2, 0) is 9.59 Å². The van der Waals surface area contributed by atoms with Gasteiger partial charge in [0.25, 0.3) is 0 Å². The molecule has 1 aromatic rings. The Bertz CT molecular complexity index is 362. The van der Waals surface area contributed by atoms with E-state index in [0.717, 1.165) is 11.8 Å². The number of carbonyl (C=O) groups is 2. The predicted octanol–water partition coefficient (Wildman–Crippen LogP) is 2.51. The zero-order chi connectivity index (χ0) is 12.0. The second-order valence-electron chi connectivity index (χ2n) is 3.44. The van der Waals surface area contributed by atoms with Gasteiger partial charge in [-0.15, -0.1) is 0 Å². The number of hydrogen-bond acceptors (Lipinski definition) is 4. The van der Waals surface area contributed by atoms with Crippen molar-refractivity contribution in [1.82, 2.24) is 0 Å². The minimum absolute atomic E-state index is 0.0133. The monoisotopic (exact) mass is 238 g/mol. The Hall–Kier alpha value is -1.29. The molecular formula is C12H14O3S. The van der Waals surface area contributed by atoms with E-state index in [1.165, 1.54) is 6.92 Å². The molecular weight excluding hydrogens is 224 g/mol. The van der Waals surface area contributed by atoms with Gasteiger partial charge in [-0.25, -0.2) is 0 Å². The molecule has 0 heterocycles. The van der Waals surface area contributed by atoms with Gasteiger partial charge in [0, 0.05) is 12.7 Å². The van der Waals surface area contributed by atoms with Crippen molar-refractivity contribution in [2.75, 3.05) is 5.75 Å². The van der Waals surface area contributed by atoms with Crippen LogP contribution in [0.3, 0.4) is 0 Å². The molecule has 16 heavy (non-hydrogen) atoms. The summed E-state index contributed by atoms with van der Waals surface area (Å²) in [6, 6.07) is 8.91. The van der Waals surface area contributed by atoms with E-state index in [2.05, 4.69) is 0 Å². The summed E-state index contributed by atoms with van der Waals surface area (Å²) in [7, 11) is 0. The zero-order valence-electron chi connectivity index (χ0n) is 9.30. The third-order valence-electron chi connectivity index (χ3n) is 1.90. The fourth-order valence-corrected chi connectivity index (χ4v) is 1.64. The van der Waals surface area contributed by atoms with Crippen molar-refractivity contribution in [2.45, 2.75) is 13.8 Å². The minimum Gasteiger partial charge on any atom is -0.426 e. The van der Waals surface area contributed by atoms with Gasteiger partial charge in [0.1, 0.15) is 5.75 Å². The highest BCUT2D eigenvalue weighted by molar-refractivity contribution is 8.13. The van der Waals surface area contributed by atoms with Crippen LogP contribution in [0.25, 0.3) is 0 Å². The first-order chi connectivity index (χ1) is 7.59. The molecule has 0 aliphatic carbocycles. The first kappa shape index (κ1) is 12.8. The predicted molar refractivity (Wildman–Crippen MR) is 64.4 cm³/mol. The highest BCUT2D eigenvalue weighted by atomic mass is 32.2. The van der Waals surface area contributed by atoms with E-state index in [1.54, 1.807) is 31.2 Å². The Balaban J connectivity index is 2.43. The highest BCUT2D eigenvalue weighted by Crippen LogP contribution is 2.14. The van der Waals surface area contributed by atoms with Crippen LogP contribution in [-0.4, -0.2) is 16.8 Å². The molecule has 0 amide bonds. The first-order valence-electron chi connectivity index (χ1n) is 4.99. The number of benzene rings is 1. The first-order valence-corrected chi connectivity index (χ1v) is 5.98. The molecule has 0 bridgehead atoms. The van der Waals surface area contributed by atoms with Crippen molar-refractivity contribution in [2.24, 2.45) is 5.92 Å². The number of rotatable bonds is 4. The maximum Gasteiger partial charge on any atom is 0.314 e. The molecule has 0 saturated carbocycles. The highest BCUT2D eigenvalue weighted by Gasteiger charge is 2.16. The molecule has 0 aliphatic rings. The number of ether oxygens (including phenoxy) is 1. The van der Waals surface area contributed by atoms with Crippen molar-refractivity contribution in [3.63, 3.8) is 0 Å². The van der Waals surface area contributed by atoms with Crippen LogP contribution in [0.1, 0.15) is 13.8 Å². The minimum atomic E-state index is -0.306. The second kappa shape index (κ2) is 6.33. The van der Waals surface area contributed by atoms with Crippen LogP contribution >= 0.6 is 11.8 Å². The molecule has 0 aromatic heterocycles. The molecule has 0 aliphatic heterocycles. The Kier molecular flexibility index (Phi) is 5.05. The summed E-state index contributed by atoms with van der Waals surface area (Å²) in [6.07, 6.45) is 0. The van der Waals surface area contributed by atoms with Crippen molar-refractivity contribution in [3.8, 4) is 5.75 Å². The Morgan fingerprint density at radius 2 is 1.94 bits per heavy atom. The molecule has 0 unspecified atom stereocenters. The number of carbonyl (C=O) groups excluding carboxylic acids is 2. The Labute approximate surface area is 99.2 Å². The van der Waals surface area contributed by atoms with Gasteiger partial charge in [-0.3, -0.25) is 9.59 Å². The fourth-order valence-electron chi connectivity index (χ4n) is 1.02. The topological polar surface area (TPSA) is 43.4 Å². The van der Waals surface area contributed by atoms with Crippen molar-refractivity contribution >= 4 is 22.8 Å². The molecule has 0 radical (unpaired) electrons. The molecule has 0 spiro atoms. The number of thioether (sulfide) groups is 1. The van der Waals surface area contributed by atoms with Gasteiger partial charge in [0.2, 0.25) is 0 Å². The van der Waals surface area contributed by atoms with Crippen LogP contribution in [0.4, 0.5) is 0 Å². The summed E-state index contributed by atoms with van der Waals surface area (Å²) < 4.78 is 5.14. The molecule has 1 atom stereocenters. The standard InChI is InChI=1S/C12H14O3S/c1-9(8-16-10(2)13)12(14)15-11-6-4-3-5-7-11/h3-7,9H,8H2,1-2H3/t9-/m1/s1. The average molecular weight is 238 g/mol. The van der Waals surface area contributed by atoms with Crippen LogP contribution in [0, 0.1) is 5.92 Å². The summed E-state index contributed by atoms with van der Waals surface area (Å²) >= 11 is 1.14. The largest absolute Gasteiger partial charge is 0.426 e. The maximum absolute atomic E-state index is 11.6. The lowest BCUT2D eigenvalue weighted by molar-refractivity contribution is -0.137. The third-order valence-corrected chi connectivity index (χ3v) is 2.97. The van der Waals surface area contributed by atoms with Gasteiger partial charge in [-0.2, -0.15) is 0 Å². The molecule has 4 heteroatoms. The second-order valence-corrected chi connectivity index (χ2v) is 4.63. The molecule has 0 saturated heterocycles. The summed E-state index contributed by atoms with van der Waals surface area (Å²) in [5.41, 5.74) is 0. The number of para-hydroxylation sites is 1. The lowest BCUT2D eigenvalue weighted by atomic mass is 10.2. The lowest BCUT2D eigenvalue weighted by Crippen LogP contribution is -2.20. The van der Waals surface area contributed by atoms with E-state index >= 15 is 0 Å². The van der Waals surface area contributed by atoms with E-state index < -0.39 is 0 Å². The third kappa shape index (κ3) is 4.49. The van der Waals surface area contributed by atoms with E-state index in [1.807, 2.05) is 6.07 Å². The van der Waals surface area contributed by atoms with Crippen molar-refractivity contribution in [1.29, 1.82) is 0 Å². The van der Waals surface area contributed by atoms with Crippen LogP contribution < -0.4 is 4.74 Å². The molecule has 0 fully saturated rings. The lowest BCUT2D eigenvalue weighted by Gasteiger charge is -2.09. The maximum atomic E-state index is 11.6. The normalized spacial score (nSPS) is 11.9. The average Bonchev–Trinajstić information content (AvgIpc) is 2.27. The van der Waals surface area contributed by atoms with Gasteiger partial charge in [-0.05, 0) is 12.1 Å². The molecule has 0 N–H and O–H groups in total. The SMILES string of the molecule is CC(=O)SC[C@@H](C)C(=O)Oc1ccccc1. The van der Waals surface area contributed by atoms with Crippen LogP contribution in [0.5, 0.6) is 5.75 Å². The van der Waals surface area contributed by atoms with E-state index in [9.17, 15) is 9.59 Å². The molecule has 3 nitrogen and oxygen atoms in total. The zero-order valence-corrected chi connectivity index (χ0v) is 10.1. The Morgan fingerprint density at radius 3 is 2.50 bits per heavy atom. The van der Waals surface area contributed by atoms with Crippen molar-refractivity contribution < 1.29 is 14.3 Å². The summed E-state index contributed by atoms with van der Waals surface area (Å²) in [5, 5.41) is 0.0133. The number of hydrogen-bond donors (Lipinski definition) is 0.